The lowest BCUT2D eigenvalue weighted by atomic mass is 9.90. The molecule has 0 aliphatic carbocycles. The minimum atomic E-state index is -0.921. The van der Waals surface area contributed by atoms with Crippen molar-refractivity contribution in [3.63, 3.8) is 0 Å². The van der Waals surface area contributed by atoms with Gasteiger partial charge >= 0.3 is 0 Å². The van der Waals surface area contributed by atoms with Crippen LogP contribution in [0.2, 0.25) is 0 Å². The van der Waals surface area contributed by atoms with Gasteiger partial charge in [-0.2, -0.15) is 0 Å². The molecule has 0 aromatic carbocycles. The van der Waals surface area contributed by atoms with E-state index in [-0.39, 0.29) is 18.0 Å². The first-order valence-electron chi connectivity index (χ1n) is 4.17. The third kappa shape index (κ3) is 1.08. The van der Waals surface area contributed by atoms with Crippen molar-refractivity contribution in [1.29, 1.82) is 0 Å². The molecule has 2 rings (SSSR count). The summed E-state index contributed by atoms with van der Waals surface area (Å²) in [7, 11) is 1.50. The minimum Gasteiger partial charge on any atom is -0.368 e. The highest BCUT2D eigenvalue weighted by Crippen LogP contribution is 2.36. The number of alkyl halides is 1. The predicted molar refractivity (Wildman–Crippen MR) is 47.9 cm³/mol. The van der Waals surface area contributed by atoms with Crippen LogP contribution < -0.4 is 0 Å². The van der Waals surface area contributed by atoms with Crippen LogP contribution in [0.25, 0.3) is 0 Å². The summed E-state index contributed by atoms with van der Waals surface area (Å²) < 4.78 is 10.7. The number of hydrogen-bond donors (Lipinski definition) is 0. The zero-order valence-corrected chi connectivity index (χ0v) is 8.25. The molecule has 0 amide bonds. The summed E-state index contributed by atoms with van der Waals surface area (Å²) in [5, 5.41) is -0.625. The van der Waals surface area contributed by atoms with Gasteiger partial charge < -0.3 is 9.47 Å². The molecular weight excluding hydrogens is 192 g/mol. The molecule has 2 heterocycles. The number of fused-ring (bicyclic) bond motifs is 2. The summed E-state index contributed by atoms with van der Waals surface area (Å²) in [5.74, 6) is -0.0945. The Balaban J connectivity index is 2.37. The summed E-state index contributed by atoms with van der Waals surface area (Å²) in [6, 6.07) is 0. The summed E-state index contributed by atoms with van der Waals surface area (Å²) in [6.45, 7) is 1.71. The first kappa shape index (κ1) is 9.19. The first-order chi connectivity index (χ1) is 6.09. The third-order valence-corrected chi connectivity index (χ3v) is 3.22. The Morgan fingerprint density at radius 2 is 2.31 bits per heavy atom. The van der Waals surface area contributed by atoms with Crippen LogP contribution in [-0.2, 0) is 14.3 Å². The normalized spacial score (nSPS) is 48.5. The smallest absolute Gasteiger partial charge is 0.188 e. The van der Waals surface area contributed by atoms with Crippen LogP contribution in [0.4, 0.5) is 0 Å². The van der Waals surface area contributed by atoms with Crippen molar-refractivity contribution in [2.24, 2.45) is 0 Å². The van der Waals surface area contributed by atoms with E-state index in [1.54, 1.807) is 6.92 Å². The Labute approximate surface area is 81.6 Å². The van der Waals surface area contributed by atoms with Crippen LogP contribution in [0.1, 0.15) is 6.92 Å². The topological polar surface area (TPSA) is 35.5 Å². The van der Waals surface area contributed by atoms with E-state index in [1.165, 1.54) is 7.11 Å². The second-order valence-electron chi connectivity index (χ2n) is 3.48. The number of ether oxygens (including phenoxy) is 2. The quantitative estimate of drug-likeness (QED) is 0.468. The van der Waals surface area contributed by atoms with E-state index in [0.717, 1.165) is 0 Å². The van der Waals surface area contributed by atoms with Gasteiger partial charge in [0.25, 0.3) is 0 Å². The molecule has 1 fully saturated rings. The molecule has 0 saturated carbocycles. The summed E-state index contributed by atoms with van der Waals surface area (Å²) in [4.78, 5) is 11.8. The van der Waals surface area contributed by atoms with Gasteiger partial charge in [0.2, 0.25) is 0 Å². The highest BCUT2D eigenvalue weighted by atomic mass is 35.5. The monoisotopic (exact) mass is 202 g/mol. The molecule has 0 aromatic heterocycles. The molecule has 2 aliphatic rings. The maximum atomic E-state index is 11.8. The molecule has 2 aliphatic heterocycles. The highest BCUT2D eigenvalue weighted by molar-refractivity contribution is 6.33. The Bertz CT molecular complexity index is 276. The van der Waals surface area contributed by atoms with Crippen molar-refractivity contribution in [2.75, 3.05) is 7.11 Å². The van der Waals surface area contributed by atoms with E-state index in [1.807, 2.05) is 12.2 Å². The van der Waals surface area contributed by atoms with Gasteiger partial charge in [-0.15, -0.1) is 11.6 Å². The van der Waals surface area contributed by atoms with Crippen molar-refractivity contribution in [3.05, 3.63) is 12.2 Å². The van der Waals surface area contributed by atoms with Gasteiger partial charge in [-0.05, 0) is 6.92 Å². The van der Waals surface area contributed by atoms with Gasteiger partial charge in [0.1, 0.15) is 17.6 Å². The number of rotatable bonds is 1. The maximum absolute atomic E-state index is 11.8. The molecule has 3 nitrogen and oxygen atoms in total. The fraction of sp³-hybridized carbons (Fsp3) is 0.667. The summed E-state index contributed by atoms with van der Waals surface area (Å²) in [6.07, 6.45) is 3.10. The van der Waals surface area contributed by atoms with Crippen LogP contribution in [0.5, 0.6) is 0 Å². The Hall–Kier alpha value is -0.380. The van der Waals surface area contributed by atoms with E-state index in [2.05, 4.69) is 0 Å². The van der Waals surface area contributed by atoms with E-state index in [9.17, 15) is 4.79 Å². The van der Waals surface area contributed by atoms with E-state index in [0.29, 0.717) is 0 Å². The van der Waals surface area contributed by atoms with Crippen molar-refractivity contribution in [2.45, 2.75) is 30.1 Å². The Morgan fingerprint density at radius 3 is 2.92 bits per heavy atom. The highest BCUT2D eigenvalue weighted by Gasteiger charge is 2.53. The van der Waals surface area contributed by atoms with E-state index >= 15 is 0 Å². The molecule has 0 spiro atoms. The van der Waals surface area contributed by atoms with Gasteiger partial charge in [0.05, 0.1) is 0 Å². The van der Waals surface area contributed by atoms with Gasteiger partial charge in [-0.1, -0.05) is 12.2 Å². The third-order valence-electron chi connectivity index (χ3n) is 2.77. The standard InChI is InChI=1S/C9H11ClO3/c1-9(12-2)6-4-3-5(13-6)7(10)8(9)11/h3-7H,1-2H3/t5-,6+,7+,9+/m0/s1. The largest absolute Gasteiger partial charge is 0.368 e. The second kappa shape index (κ2) is 2.80. The number of ketones is 1. The fourth-order valence-electron chi connectivity index (χ4n) is 1.73. The Kier molecular flexibility index (Phi) is 1.98. The number of methoxy groups -OCH3 is 1. The molecule has 0 radical (unpaired) electrons. The zero-order chi connectivity index (χ0) is 9.64. The van der Waals surface area contributed by atoms with E-state index < -0.39 is 11.0 Å². The van der Waals surface area contributed by atoms with Crippen LogP contribution in [0.15, 0.2) is 12.2 Å². The molecule has 0 N–H and O–H groups in total. The zero-order valence-electron chi connectivity index (χ0n) is 7.49. The fourth-order valence-corrected chi connectivity index (χ4v) is 2.09. The van der Waals surface area contributed by atoms with Crippen LogP contribution in [0, 0.1) is 0 Å². The lowest BCUT2D eigenvalue weighted by molar-refractivity contribution is -0.168. The number of hydrogen-bond acceptors (Lipinski definition) is 3. The number of halogens is 1. The van der Waals surface area contributed by atoms with Gasteiger partial charge in [-0.25, -0.2) is 0 Å². The molecule has 72 valence electrons. The molecule has 4 atom stereocenters. The van der Waals surface area contributed by atoms with Crippen molar-refractivity contribution in [1.82, 2.24) is 0 Å². The average Bonchev–Trinajstić information content (AvgIpc) is 2.59. The van der Waals surface area contributed by atoms with Crippen LogP contribution in [0.3, 0.4) is 0 Å². The Morgan fingerprint density at radius 1 is 1.62 bits per heavy atom. The second-order valence-corrected chi connectivity index (χ2v) is 3.95. The molecule has 0 aromatic rings. The van der Waals surface area contributed by atoms with E-state index in [4.69, 9.17) is 21.1 Å². The molecule has 4 heteroatoms. The van der Waals surface area contributed by atoms with Crippen LogP contribution >= 0.6 is 11.6 Å². The molecule has 0 unspecified atom stereocenters. The SMILES string of the molecule is CO[C@@]1(C)C(=O)[C@H](Cl)[C@@H]2C=C[C@H]1O2. The van der Waals surface area contributed by atoms with Gasteiger partial charge in [-0.3, -0.25) is 4.79 Å². The average molecular weight is 203 g/mol. The number of carbonyl (C=O) groups is 1. The molecule has 13 heavy (non-hydrogen) atoms. The van der Waals surface area contributed by atoms with Crippen molar-refractivity contribution >= 4 is 17.4 Å². The number of carbonyl (C=O) groups excluding carboxylic acids is 1. The van der Waals surface area contributed by atoms with Crippen LogP contribution in [-0.4, -0.2) is 36.1 Å². The summed E-state index contributed by atoms with van der Waals surface area (Å²) in [5.41, 5.74) is -0.921. The minimum absolute atomic E-state index is 0.0945. The van der Waals surface area contributed by atoms with Gasteiger partial charge in [0, 0.05) is 7.11 Å². The maximum Gasteiger partial charge on any atom is 0.188 e. The van der Waals surface area contributed by atoms with Gasteiger partial charge in [0.15, 0.2) is 11.4 Å². The predicted octanol–water partition coefficient (Wildman–Crippen LogP) is 0.905. The number of Topliss-reactive ketones (excluding diaryl/α,β-unsaturated/α-hetero) is 1. The molecule has 2 bridgehead atoms. The molecular formula is C9H11ClO3. The first-order valence-corrected chi connectivity index (χ1v) is 4.60. The molecule has 1 saturated heterocycles. The van der Waals surface area contributed by atoms with Crippen molar-refractivity contribution < 1.29 is 14.3 Å². The lowest BCUT2D eigenvalue weighted by Crippen LogP contribution is -2.57. The summed E-state index contributed by atoms with van der Waals surface area (Å²) >= 11 is 5.92. The van der Waals surface area contributed by atoms with Crippen molar-refractivity contribution in [3.8, 4) is 0 Å². The lowest BCUT2D eigenvalue weighted by Gasteiger charge is -2.38.